The highest BCUT2D eigenvalue weighted by Gasteiger charge is 2.01. The van der Waals surface area contributed by atoms with Gasteiger partial charge in [-0.3, -0.25) is 0 Å². The SMILES string of the molecule is [c]1c(-c2ccc(-c3ccccc3)cc2)ccc2ccccc12. The molecule has 0 heterocycles. The Kier molecular flexibility index (Phi) is 3.21. The van der Waals surface area contributed by atoms with Gasteiger partial charge in [0.25, 0.3) is 0 Å². The lowest BCUT2D eigenvalue weighted by Crippen LogP contribution is -1.81. The number of fused-ring (bicyclic) bond motifs is 1. The third-order valence-electron chi connectivity index (χ3n) is 3.96. The second-order valence-electron chi connectivity index (χ2n) is 5.40. The van der Waals surface area contributed by atoms with Gasteiger partial charge in [-0.15, -0.1) is 0 Å². The van der Waals surface area contributed by atoms with Crippen LogP contribution in [0, 0.1) is 6.07 Å². The van der Waals surface area contributed by atoms with E-state index < -0.39 is 0 Å². The van der Waals surface area contributed by atoms with Crippen molar-refractivity contribution in [3.05, 3.63) is 97.1 Å². The van der Waals surface area contributed by atoms with Crippen molar-refractivity contribution in [2.45, 2.75) is 0 Å². The van der Waals surface area contributed by atoms with Crippen LogP contribution in [0.25, 0.3) is 33.0 Å². The summed E-state index contributed by atoms with van der Waals surface area (Å²) in [6.45, 7) is 0. The van der Waals surface area contributed by atoms with Crippen LogP contribution >= 0.6 is 0 Å². The largest absolute Gasteiger partial charge is 0.0622 e. The zero-order chi connectivity index (χ0) is 14.8. The summed E-state index contributed by atoms with van der Waals surface area (Å²) in [5, 5.41) is 2.39. The molecule has 0 aliphatic rings. The Labute approximate surface area is 130 Å². The summed E-state index contributed by atoms with van der Waals surface area (Å²) in [5.41, 5.74) is 4.82. The van der Waals surface area contributed by atoms with Crippen molar-refractivity contribution in [2.24, 2.45) is 0 Å². The number of rotatable bonds is 2. The first kappa shape index (κ1) is 12.8. The molecule has 0 N–H and O–H groups in total. The van der Waals surface area contributed by atoms with Gasteiger partial charge >= 0.3 is 0 Å². The van der Waals surface area contributed by atoms with Crippen molar-refractivity contribution >= 4 is 10.8 Å². The maximum atomic E-state index is 3.50. The summed E-state index contributed by atoms with van der Waals surface area (Å²) in [6, 6.07) is 35.3. The van der Waals surface area contributed by atoms with Crippen LogP contribution in [0.5, 0.6) is 0 Å². The Morgan fingerprint density at radius 2 is 1.09 bits per heavy atom. The second kappa shape index (κ2) is 5.50. The van der Waals surface area contributed by atoms with Gasteiger partial charge in [0, 0.05) is 0 Å². The minimum atomic E-state index is 1.14. The van der Waals surface area contributed by atoms with Crippen molar-refractivity contribution in [1.82, 2.24) is 0 Å². The second-order valence-corrected chi connectivity index (χ2v) is 5.40. The van der Waals surface area contributed by atoms with E-state index in [1.807, 2.05) is 6.07 Å². The van der Waals surface area contributed by atoms with Crippen molar-refractivity contribution in [3.63, 3.8) is 0 Å². The van der Waals surface area contributed by atoms with Crippen molar-refractivity contribution in [2.75, 3.05) is 0 Å². The van der Waals surface area contributed by atoms with E-state index >= 15 is 0 Å². The highest BCUT2D eigenvalue weighted by atomic mass is 14.1. The number of hydrogen-bond donors (Lipinski definition) is 0. The lowest BCUT2D eigenvalue weighted by Gasteiger charge is -2.06. The van der Waals surface area contributed by atoms with Gasteiger partial charge in [-0.05, 0) is 39.1 Å². The van der Waals surface area contributed by atoms with E-state index in [4.69, 9.17) is 0 Å². The van der Waals surface area contributed by atoms with Gasteiger partial charge in [-0.2, -0.15) is 0 Å². The minimum Gasteiger partial charge on any atom is -0.0622 e. The van der Waals surface area contributed by atoms with Gasteiger partial charge < -0.3 is 0 Å². The third-order valence-corrected chi connectivity index (χ3v) is 3.96. The molecule has 0 saturated heterocycles. The zero-order valence-corrected chi connectivity index (χ0v) is 12.2. The Bertz CT molecular complexity index is 903. The molecule has 0 saturated carbocycles. The molecule has 0 amide bonds. The molecular formula is C22H15. The van der Waals surface area contributed by atoms with Crippen LogP contribution in [0.2, 0.25) is 0 Å². The molecule has 103 valence electrons. The Hall–Kier alpha value is -2.86. The summed E-state index contributed by atoms with van der Waals surface area (Å²) in [4.78, 5) is 0. The van der Waals surface area contributed by atoms with Gasteiger partial charge in [0.1, 0.15) is 0 Å². The highest BCUT2D eigenvalue weighted by molar-refractivity contribution is 5.86. The molecule has 4 rings (SSSR count). The maximum absolute atomic E-state index is 3.50. The van der Waals surface area contributed by atoms with E-state index in [9.17, 15) is 0 Å². The van der Waals surface area contributed by atoms with E-state index in [0.29, 0.717) is 0 Å². The fourth-order valence-electron chi connectivity index (χ4n) is 2.76. The van der Waals surface area contributed by atoms with Gasteiger partial charge in [0.2, 0.25) is 0 Å². The van der Waals surface area contributed by atoms with Crippen LogP contribution in [0.4, 0.5) is 0 Å². The minimum absolute atomic E-state index is 1.14. The van der Waals surface area contributed by atoms with E-state index in [0.717, 1.165) is 10.9 Å². The van der Waals surface area contributed by atoms with Crippen molar-refractivity contribution in [1.29, 1.82) is 0 Å². The van der Waals surface area contributed by atoms with Gasteiger partial charge in [-0.1, -0.05) is 91.0 Å². The van der Waals surface area contributed by atoms with Gasteiger partial charge in [0.05, 0.1) is 0 Å². The molecule has 4 aromatic rings. The van der Waals surface area contributed by atoms with Crippen molar-refractivity contribution < 1.29 is 0 Å². The zero-order valence-electron chi connectivity index (χ0n) is 12.2. The molecule has 0 nitrogen and oxygen atoms in total. The average Bonchev–Trinajstić information content (AvgIpc) is 2.62. The van der Waals surface area contributed by atoms with Crippen LogP contribution in [0.15, 0.2) is 91.0 Å². The highest BCUT2D eigenvalue weighted by Crippen LogP contribution is 2.26. The monoisotopic (exact) mass is 279 g/mol. The number of hydrogen-bond acceptors (Lipinski definition) is 0. The molecule has 0 atom stereocenters. The summed E-state index contributed by atoms with van der Waals surface area (Å²) >= 11 is 0. The van der Waals surface area contributed by atoms with Crippen molar-refractivity contribution in [3.8, 4) is 22.3 Å². The van der Waals surface area contributed by atoms with Gasteiger partial charge in [0.15, 0.2) is 0 Å². The van der Waals surface area contributed by atoms with E-state index in [1.165, 1.54) is 22.1 Å². The predicted molar refractivity (Wildman–Crippen MR) is 93.7 cm³/mol. The summed E-state index contributed by atoms with van der Waals surface area (Å²) in [6.07, 6.45) is 0. The smallest absolute Gasteiger partial charge is 0.00143 e. The molecule has 0 bridgehead atoms. The fraction of sp³-hybridized carbons (Fsp3) is 0. The molecule has 0 aromatic heterocycles. The lowest BCUT2D eigenvalue weighted by molar-refractivity contribution is 1.60. The molecule has 1 radical (unpaired) electrons. The van der Waals surface area contributed by atoms with Crippen LogP contribution < -0.4 is 0 Å². The van der Waals surface area contributed by atoms with Crippen LogP contribution in [0.1, 0.15) is 0 Å². The fourth-order valence-corrected chi connectivity index (χ4v) is 2.76. The van der Waals surface area contributed by atoms with E-state index in [2.05, 4.69) is 91.0 Å². The van der Waals surface area contributed by atoms with Crippen LogP contribution in [-0.2, 0) is 0 Å². The molecule has 0 unspecified atom stereocenters. The third kappa shape index (κ3) is 2.40. The molecule has 0 aliphatic heterocycles. The van der Waals surface area contributed by atoms with Crippen LogP contribution in [-0.4, -0.2) is 0 Å². The van der Waals surface area contributed by atoms with E-state index in [-0.39, 0.29) is 0 Å². The summed E-state index contributed by atoms with van der Waals surface area (Å²) < 4.78 is 0. The van der Waals surface area contributed by atoms with E-state index in [1.54, 1.807) is 0 Å². The topological polar surface area (TPSA) is 0 Å². The molecule has 4 aromatic carbocycles. The normalized spacial score (nSPS) is 10.7. The molecule has 0 fully saturated rings. The van der Waals surface area contributed by atoms with Crippen LogP contribution in [0.3, 0.4) is 0 Å². The first-order valence-corrected chi connectivity index (χ1v) is 7.47. The average molecular weight is 279 g/mol. The predicted octanol–water partition coefficient (Wildman–Crippen LogP) is 5.97. The lowest BCUT2D eigenvalue weighted by atomic mass is 9.98. The summed E-state index contributed by atoms with van der Waals surface area (Å²) in [5.74, 6) is 0. The first-order valence-electron chi connectivity index (χ1n) is 7.47. The quantitative estimate of drug-likeness (QED) is 0.424. The standard InChI is InChI=1S/C22H15/c1-2-6-17(7-3-1)19-10-12-20(13-11-19)22-15-14-18-8-4-5-9-21(18)16-22/h1-15H. The molecule has 0 spiro atoms. The summed E-state index contributed by atoms with van der Waals surface area (Å²) in [7, 11) is 0. The number of benzene rings is 4. The molecular weight excluding hydrogens is 264 g/mol. The van der Waals surface area contributed by atoms with Gasteiger partial charge in [-0.25, -0.2) is 0 Å². The Morgan fingerprint density at radius 1 is 0.455 bits per heavy atom. The molecule has 0 aliphatic carbocycles. The molecule has 22 heavy (non-hydrogen) atoms. The maximum Gasteiger partial charge on any atom is -0.00143 e. The Morgan fingerprint density at radius 3 is 1.91 bits per heavy atom. The molecule has 0 heteroatoms. The first-order chi connectivity index (χ1) is 10.9. The Balaban J connectivity index is 1.73.